The van der Waals surface area contributed by atoms with Crippen molar-refractivity contribution in [1.29, 1.82) is 0 Å². The van der Waals surface area contributed by atoms with Gasteiger partial charge in [-0.1, -0.05) is 100 Å². The zero-order chi connectivity index (χ0) is 53.0. The maximum Gasteiger partial charge on any atom is 0.312 e. The molecule has 9 amide bonds. The van der Waals surface area contributed by atoms with Crippen molar-refractivity contribution in [2.24, 2.45) is 11.5 Å². The summed E-state index contributed by atoms with van der Waals surface area (Å²) < 4.78 is 0. The van der Waals surface area contributed by atoms with Crippen LogP contribution in [0.15, 0.2) is 91.1 Å². The van der Waals surface area contributed by atoms with Gasteiger partial charge in [-0.15, -0.1) is 0 Å². The van der Waals surface area contributed by atoms with E-state index < -0.39 is 115 Å². The summed E-state index contributed by atoms with van der Waals surface area (Å²) in [5.41, 5.74) is 14.4. The zero-order valence-electron chi connectivity index (χ0n) is 40.4. The van der Waals surface area contributed by atoms with E-state index in [1.54, 1.807) is 66.9 Å². The number of nitrogens with one attached hydrogen (secondary N) is 9. The maximum absolute atomic E-state index is 14.7. The van der Waals surface area contributed by atoms with Gasteiger partial charge in [0.1, 0.15) is 36.3 Å². The van der Waals surface area contributed by atoms with Crippen molar-refractivity contribution in [2.45, 2.75) is 106 Å². The lowest BCUT2D eigenvalue weighted by atomic mass is 10.0. The summed E-state index contributed by atoms with van der Waals surface area (Å²) in [5, 5.41) is 52.6. The summed E-state index contributed by atoms with van der Waals surface area (Å²) >= 11 is 0. The van der Waals surface area contributed by atoms with Gasteiger partial charge in [0.25, 0.3) is 0 Å². The molecule has 1 saturated heterocycles. The van der Waals surface area contributed by atoms with Gasteiger partial charge in [-0.2, -0.15) is 0 Å². The van der Waals surface area contributed by atoms with Crippen LogP contribution in [0.25, 0.3) is 10.9 Å². The molecule has 16 N–H and O–H groups in total. The Kier molecular flexibility index (Phi) is 22.3. The molecule has 3 aromatic carbocycles. The molecular formula is C49H65N11O11S2. The lowest BCUT2D eigenvalue weighted by Gasteiger charge is -2.29. The van der Waals surface area contributed by atoms with Crippen LogP contribution >= 0.6 is 21.6 Å². The van der Waals surface area contributed by atoms with Crippen molar-refractivity contribution < 1.29 is 53.7 Å². The van der Waals surface area contributed by atoms with Crippen LogP contribution in [0.4, 0.5) is 4.79 Å². The fraction of sp³-hybridized carbons (Fsp3) is 0.429. The van der Waals surface area contributed by atoms with Gasteiger partial charge >= 0.3 is 6.03 Å². The van der Waals surface area contributed by atoms with Gasteiger partial charge in [0.2, 0.25) is 41.4 Å². The van der Waals surface area contributed by atoms with E-state index >= 15 is 0 Å². The minimum Gasteiger partial charge on any atom is -0.394 e. The number of hydrogen-bond donors (Lipinski definition) is 14. The summed E-state index contributed by atoms with van der Waals surface area (Å²) in [7, 11) is 2.01. The highest BCUT2D eigenvalue weighted by Crippen LogP contribution is 2.24. The number of rotatable bonds is 17. The summed E-state index contributed by atoms with van der Waals surface area (Å²) in [6.45, 7) is 1.85. The number of hydrogen-bond acceptors (Lipinski definition) is 14. The SMILES string of the molecule is C[C@@H](O)C1NC(=O)[C@H](CCCNC(N)=O)NC(=O)[C@@H](Cc2c[nH]c3ccccc23)NC(=O)C(Cc2ccccc2)NC(=O)[C@@H](NC(=O)[C@H](N)Cc2ccccc2)CSSCC(C(=O)N[C@H](CO)[C@@H](C)O)NC1=O. The molecule has 1 fully saturated rings. The monoisotopic (exact) mass is 1050 g/mol. The van der Waals surface area contributed by atoms with Crippen molar-refractivity contribution in [3.05, 3.63) is 108 Å². The molecule has 4 aromatic rings. The van der Waals surface area contributed by atoms with E-state index in [4.69, 9.17) is 11.5 Å². The van der Waals surface area contributed by atoms with Crippen LogP contribution in [-0.4, -0.2) is 153 Å². The van der Waals surface area contributed by atoms with Crippen LogP contribution in [0.5, 0.6) is 0 Å². The van der Waals surface area contributed by atoms with Gasteiger partial charge in [-0.05, 0) is 55.9 Å². The number of aliphatic hydroxyl groups is 3. The van der Waals surface area contributed by atoms with E-state index in [9.17, 15) is 53.7 Å². The first-order valence-corrected chi connectivity index (χ1v) is 26.2. The largest absolute Gasteiger partial charge is 0.394 e. The molecule has 3 unspecified atom stereocenters. The van der Waals surface area contributed by atoms with E-state index in [0.717, 1.165) is 38.1 Å². The molecule has 24 heteroatoms. The molecule has 1 aliphatic heterocycles. The minimum absolute atomic E-state index is 0.0279. The van der Waals surface area contributed by atoms with E-state index in [0.29, 0.717) is 11.1 Å². The highest BCUT2D eigenvalue weighted by Gasteiger charge is 2.36. The topological polar surface area (TPSA) is 361 Å². The molecule has 0 radical (unpaired) electrons. The van der Waals surface area contributed by atoms with Crippen LogP contribution < -0.4 is 54.0 Å². The Morgan fingerprint density at radius 2 is 1.32 bits per heavy atom. The van der Waals surface area contributed by atoms with E-state index in [1.807, 2.05) is 24.3 Å². The molecule has 1 aromatic heterocycles. The standard InChI is InChI=1S/C49H65N11O11S2/c1-27(62)38(24-61)57-47(69)40-26-73-72-25-39(58-42(64)33(50)20-29-12-5-3-6-13-29)46(68)55-36(21-30-14-7-4-8-15-30)44(66)56-37(22-31-23-53-34-17-10-9-16-32(31)34)45(67)54-35(18-11-19-52-49(51)71)43(65)60-41(28(2)63)48(70)59-40/h3-10,12-17,23,27-28,33,35-41,53,61-63H,11,18-22,24-26,50H2,1-2H3,(H,54,67)(H,55,68)(H,56,66)(H,57,69)(H,58,64)(H,59,70)(H,60,65)(H3,51,52,71)/t27-,28-,33-,35+,36?,37-,38-,39+,40?,41?/m1/s1. The quantitative estimate of drug-likeness (QED) is 0.0424. The molecule has 22 nitrogen and oxygen atoms in total. The molecule has 10 atom stereocenters. The van der Waals surface area contributed by atoms with Gasteiger partial charge < -0.3 is 74.3 Å². The van der Waals surface area contributed by atoms with Crippen LogP contribution in [0.2, 0.25) is 0 Å². The molecule has 0 bridgehead atoms. The number of benzene rings is 3. The Bertz CT molecular complexity index is 2500. The van der Waals surface area contributed by atoms with Gasteiger partial charge in [0, 0.05) is 48.0 Å². The van der Waals surface area contributed by atoms with E-state index in [1.165, 1.54) is 13.8 Å². The predicted molar refractivity (Wildman–Crippen MR) is 276 cm³/mol. The normalized spacial score (nSPS) is 22.4. The predicted octanol–water partition coefficient (Wildman–Crippen LogP) is -1.49. The van der Waals surface area contributed by atoms with Crippen molar-refractivity contribution in [3.8, 4) is 0 Å². The number of H-pyrrole nitrogens is 1. The van der Waals surface area contributed by atoms with Crippen molar-refractivity contribution in [3.63, 3.8) is 0 Å². The first-order chi connectivity index (χ1) is 34.9. The second kappa shape index (κ2) is 28.5. The summed E-state index contributed by atoms with van der Waals surface area (Å²) in [5.74, 6) is -6.42. The number of nitrogens with two attached hydrogens (primary N) is 2. The van der Waals surface area contributed by atoms with E-state index in [-0.39, 0.29) is 50.2 Å². The Labute approximate surface area is 429 Å². The summed E-state index contributed by atoms with van der Waals surface area (Å²) in [6.07, 6.45) is -1.32. The second-order valence-electron chi connectivity index (χ2n) is 17.6. The van der Waals surface area contributed by atoms with Crippen molar-refractivity contribution in [2.75, 3.05) is 24.7 Å². The molecule has 5 rings (SSSR count). The molecule has 394 valence electrons. The van der Waals surface area contributed by atoms with Crippen molar-refractivity contribution >= 4 is 79.9 Å². The third-order valence-electron chi connectivity index (χ3n) is 11.9. The first-order valence-electron chi connectivity index (χ1n) is 23.7. The number of para-hydroxylation sites is 1. The Balaban J connectivity index is 1.57. The summed E-state index contributed by atoms with van der Waals surface area (Å²) in [6, 6.07) is 13.1. The van der Waals surface area contributed by atoms with E-state index in [2.05, 4.69) is 47.5 Å². The number of carbonyl (C=O) groups excluding carboxylic acids is 8. The van der Waals surface area contributed by atoms with Crippen LogP contribution in [0.1, 0.15) is 43.4 Å². The highest BCUT2D eigenvalue weighted by molar-refractivity contribution is 8.76. The van der Waals surface area contributed by atoms with Crippen LogP contribution in [0, 0.1) is 0 Å². The number of aliphatic hydroxyl groups excluding tert-OH is 3. The molecule has 2 heterocycles. The average molecular weight is 1050 g/mol. The minimum atomic E-state index is -1.73. The Morgan fingerprint density at radius 3 is 1.96 bits per heavy atom. The maximum atomic E-state index is 14.7. The highest BCUT2D eigenvalue weighted by atomic mass is 33.1. The average Bonchev–Trinajstić information content (AvgIpc) is 3.77. The van der Waals surface area contributed by atoms with Crippen molar-refractivity contribution in [1.82, 2.24) is 47.5 Å². The molecule has 73 heavy (non-hydrogen) atoms. The van der Waals surface area contributed by atoms with Crippen LogP contribution in [0.3, 0.4) is 0 Å². The molecular weight excluding hydrogens is 983 g/mol. The fourth-order valence-electron chi connectivity index (χ4n) is 7.75. The molecule has 0 aliphatic carbocycles. The summed E-state index contributed by atoms with van der Waals surface area (Å²) in [4.78, 5) is 114. The zero-order valence-corrected chi connectivity index (χ0v) is 42.0. The number of urea groups is 1. The first kappa shape index (κ1) is 57.2. The number of carbonyl (C=O) groups is 8. The number of amides is 9. The van der Waals surface area contributed by atoms with Gasteiger partial charge in [0.05, 0.1) is 30.9 Å². The van der Waals surface area contributed by atoms with Crippen LogP contribution in [-0.2, 0) is 52.8 Å². The number of primary amides is 1. The number of fused-ring (bicyclic) bond motifs is 1. The molecule has 0 spiro atoms. The lowest BCUT2D eigenvalue weighted by Crippen LogP contribution is -2.62. The van der Waals surface area contributed by atoms with Gasteiger partial charge in [0.15, 0.2) is 0 Å². The molecule has 1 aliphatic rings. The Morgan fingerprint density at radius 1 is 0.726 bits per heavy atom. The number of aromatic nitrogens is 1. The fourth-order valence-corrected chi connectivity index (χ4v) is 10.1. The van der Waals surface area contributed by atoms with Gasteiger partial charge in [-0.25, -0.2) is 4.79 Å². The third kappa shape index (κ3) is 17.8. The Hall–Kier alpha value is -6.70. The number of aromatic amines is 1. The molecule has 0 saturated carbocycles. The second-order valence-corrected chi connectivity index (χ2v) is 20.2. The van der Waals surface area contributed by atoms with Gasteiger partial charge in [-0.3, -0.25) is 33.6 Å². The lowest BCUT2D eigenvalue weighted by molar-refractivity contribution is -0.136. The smallest absolute Gasteiger partial charge is 0.312 e. The third-order valence-corrected chi connectivity index (χ3v) is 14.3.